The van der Waals surface area contributed by atoms with Crippen molar-refractivity contribution >= 4 is 34.6 Å². The van der Waals surface area contributed by atoms with E-state index < -0.39 is 0 Å². The summed E-state index contributed by atoms with van der Waals surface area (Å²) in [7, 11) is 4.22. The number of rotatable bonds is 6. The maximum Gasteiger partial charge on any atom is 0.199 e. The van der Waals surface area contributed by atoms with Gasteiger partial charge in [-0.2, -0.15) is 0 Å². The maximum atomic E-state index is 6.64. The Kier molecular flexibility index (Phi) is 7.21. The van der Waals surface area contributed by atoms with E-state index in [-0.39, 0.29) is 11.8 Å². The zero-order valence-corrected chi connectivity index (χ0v) is 19.1. The highest BCUT2D eigenvalue weighted by molar-refractivity contribution is 6.33. The molecule has 0 aromatic heterocycles. The van der Waals surface area contributed by atoms with Gasteiger partial charge in [0.05, 0.1) is 0 Å². The highest BCUT2D eigenvalue weighted by Gasteiger charge is 2.26. The Balaban J connectivity index is 2.04. The van der Waals surface area contributed by atoms with Gasteiger partial charge in [0.1, 0.15) is 13.6 Å². The van der Waals surface area contributed by atoms with Gasteiger partial charge in [0.15, 0.2) is 5.71 Å². The summed E-state index contributed by atoms with van der Waals surface area (Å²) < 4.78 is 2.24. The van der Waals surface area contributed by atoms with E-state index in [2.05, 4.69) is 86.0 Å². The lowest BCUT2D eigenvalue weighted by Crippen LogP contribution is -2.19. The number of allylic oxidation sites excluding steroid dienone is 4. The topological polar surface area (TPSA) is 6.25 Å². The first-order valence-corrected chi connectivity index (χ1v) is 10.9. The maximum absolute atomic E-state index is 6.64. The van der Waals surface area contributed by atoms with E-state index in [1.165, 1.54) is 17.0 Å². The van der Waals surface area contributed by atoms with Crippen LogP contribution in [0.3, 0.4) is 0 Å². The monoisotopic (exact) mass is 427 g/mol. The van der Waals surface area contributed by atoms with Crippen LogP contribution >= 0.6 is 23.2 Å². The molecular weight excluding hydrogens is 399 g/mol. The van der Waals surface area contributed by atoms with Crippen LogP contribution in [0.2, 0.25) is 10.0 Å². The molecule has 0 fully saturated rings. The third-order valence-corrected chi connectivity index (χ3v) is 6.32. The molecule has 0 amide bonds. The molecule has 29 heavy (non-hydrogen) atoms. The number of benzene rings is 2. The Morgan fingerprint density at radius 3 is 2.24 bits per heavy atom. The lowest BCUT2D eigenvalue weighted by atomic mass is 9.78. The molecule has 0 aliphatic heterocycles. The van der Waals surface area contributed by atoms with Gasteiger partial charge in [-0.3, -0.25) is 0 Å². The zero-order chi connectivity index (χ0) is 21.0. The first-order valence-electron chi connectivity index (χ1n) is 10.1. The van der Waals surface area contributed by atoms with E-state index >= 15 is 0 Å². The average molecular weight is 428 g/mol. The first kappa shape index (κ1) is 21.7. The molecule has 0 radical (unpaired) electrons. The Morgan fingerprint density at radius 1 is 1.00 bits per heavy atom. The normalized spacial score (nSPS) is 16.8. The summed E-state index contributed by atoms with van der Waals surface area (Å²) in [5.41, 5.74) is 4.72. The van der Waals surface area contributed by atoms with E-state index in [0.717, 1.165) is 23.7 Å². The molecule has 2 nitrogen and oxygen atoms in total. The lowest BCUT2D eigenvalue weighted by Gasteiger charge is -2.27. The van der Waals surface area contributed by atoms with Crippen LogP contribution in [0.25, 0.3) is 0 Å². The second kappa shape index (κ2) is 9.65. The molecule has 2 aromatic carbocycles. The average Bonchev–Trinajstić information content (AvgIpc) is 2.76. The molecule has 0 saturated carbocycles. The van der Waals surface area contributed by atoms with Crippen LogP contribution in [-0.2, 0) is 0 Å². The van der Waals surface area contributed by atoms with Crippen LogP contribution in [0.15, 0.2) is 66.8 Å². The minimum atomic E-state index is 0.100. The predicted octanol–water partition coefficient (Wildman–Crippen LogP) is 6.43. The molecule has 0 heterocycles. The second-order valence-corrected chi connectivity index (χ2v) is 8.33. The Hall–Kier alpha value is -2.03. The largest absolute Gasteiger partial charge is 0.375 e. The van der Waals surface area contributed by atoms with E-state index in [0.29, 0.717) is 5.02 Å². The molecule has 0 saturated heterocycles. The van der Waals surface area contributed by atoms with Gasteiger partial charge >= 0.3 is 0 Å². The van der Waals surface area contributed by atoms with Crippen molar-refractivity contribution in [1.29, 1.82) is 0 Å². The van der Waals surface area contributed by atoms with Crippen molar-refractivity contribution in [3.63, 3.8) is 0 Å². The van der Waals surface area contributed by atoms with Gasteiger partial charge in [-0.15, -0.1) is 0 Å². The van der Waals surface area contributed by atoms with Crippen LogP contribution in [0.4, 0.5) is 5.69 Å². The molecule has 0 spiro atoms. The Bertz CT molecular complexity index is 926. The fraction of sp³-hybridized carbons (Fsp3) is 0.320. The van der Waals surface area contributed by atoms with Gasteiger partial charge < -0.3 is 4.90 Å². The van der Waals surface area contributed by atoms with Crippen LogP contribution in [0.1, 0.15) is 30.9 Å². The highest BCUT2D eigenvalue weighted by Crippen LogP contribution is 2.40. The second-order valence-electron chi connectivity index (χ2n) is 7.48. The van der Waals surface area contributed by atoms with Crippen LogP contribution in [0.5, 0.6) is 0 Å². The molecule has 1 aliphatic rings. The first-order chi connectivity index (χ1) is 13.9. The van der Waals surface area contributed by atoms with Gasteiger partial charge in [0, 0.05) is 53.3 Å². The van der Waals surface area contributed by atoms with Gasteiger partial charge in [0.25, 0.3) is 0 Å². The number of anilines is 1. The van der Waals surface area contributed by atoms with Gasteiger partial charge in [-0.05, 0) is 55.3 Å². The smallest absolute Gasteiger partial charge is 0.199 e. The number of halogens is 2. The molecule has 152 valence electrons. The SMILES string of the molecule is CCN(C)c1ccc(C(c2cc(Cl)ccc2Cl)C2C=CC(=[N+](C)CC)C=C2)cc1. The minimum absolute atomic E-state index is 0.100. The van der Waals surface area contributed by atoms with E-state index in [1.54, 1.807) is 0 Å². The third kappa shape index (κ3) is 4.94. The molecule has 1 aliphatic carbocycles. The van der Waals surface area contributed by atoms with Crippen LogP contribution < -0.4 is 4.90 Å². The third-order valence-electron chi connectivity index (χ3n) is 5.74. The fourth-order valence-electron chi connectivity index (χ4n) is 3.68. The number of hydrogen-bond donors (Lipinski definition) is 0. The Morgan fingerprint density at radius 2 is 1.66 bits per heavy atom. The van der Waals surface area contributed by atoms with Crippen LogP contribution in [-0.4, -0.2) is 37.5 Å². The summed E-state index contributed by atoms with van der Waals surface area (Å²) in [5.74, 6) is 0.304. The van der Waals surface area contributed by atoms with Crippen molar-refractivity contribution in [2.45, 2.75) is 19.8 Å². The van der Waals surface area contributed by atoms with Crippen molar-refractivity contribution in [3.8, 4) is 0 Å². The summed E-state index contributed by atoms with van der Waals surface area (Å²) in [6.45, 7) is 6.26. The Labute approximate surface area is 184 Å². The van der Waals surface area contributed by atoms with E-state index in [4.69, 9.17) is 23.2 Å². The fourth-order valence-corrected chi connectivity index (χ4v) is 4.09. The van der Waals surface area contributed by atoms with Crippen molar-refractivity contribution < 1.29 is 4.58 Å². The summed E-state index contributed by atoms with van der Waals surface area (Å²) in [4.78, 5) is 2.23. The van der Waals surface area contributed by atoms with Gasteiger partial charge in [0.2, 0.25) is 0 Å². The minimum Gasteiger partial charge on any atom is -0.375 e. The van der Waals surface area contributed by atoms with Crippen molar-refractivity contribution in [1.82, 2.24) is 0 Å². The van der Waals surface area contributed by atoms with Crippen molar-refractivity contribution in [2.75, 3.05) is 32.1 Å². The number of hydrogen-bond acceptors (Lipinski definition) is 1. The summed E-state index contributed by atoms with van der Waals surface area (Å²) in [5, 5.41) is 1.45. The van der Waals surface area contributed by atoms with E-state index in [1.807, 2.05) is 18.2 Å². The molecule has 2 aromatic rings. The molecular formula is C25H29Cl2N2+. The quantitative estimate of drug-likeness (QED) is 0.481. The summed E-state index contributed by atoms with van der Waals surface area (Å²) in [6, 6.07) is 14.5. The molecule has 1 unspecified atom stereocenters. The van der Waals surface area contributed by atoms with Crippen LogP contribution in [0, 0.1) is 5.92 Å². The lowest BCUT2D eigenvalue weighted by molar-refractivity contribution is -0.491. The highest BCUT2D eigenvalue weighted by atomic mass is 35.5. The van der Waals surface area contributed by atoms with Gasteiger partial charge in [-0.1, -0.05) is 47.5 Å². The standard InChI is InChI=1S/C25H29Cl2N2/c1-5-28(3)21-12-7-18(8-13-21)25(23-17-20(26)11-16-24(23)27)19-9-14-22(15-10-19)29(4)6-2/h7-18,25H,5-6H2,1-4H3/q+1. The van der Waals surface area contributed by atoms with Gasteiger partial charge in [-0.25, -0.2) is 4.58 Å². The molecule has 1 atom stereocenters. The molecule has 0 N–H and O–H groups in total. The van der Waals surface area contributed by atoms with E-state index in [9.17, 15) is 0 Å². The summed E-state index contributed by atoms with van der Waals surface area (Å²) in [6.07, 6.45) is 8.96. The zero-order valence-electron chi connectivity index (χ0n) is 17.6. The molecule has 0 bridgehead atoms. The van der Waals surface area contributed by atoms with Crippen molar-refractivity contribution in [3.05, 3.63) is 87.9 Å². The number of nitrogens with zero attached hydrogens (tertiary/aromatic N) is 2. The molecule has 3 rings (SSSR count). The summed E-state index contributed by atoms with van der Waals surface area (Å²) >= 11 is 13.0. The molecule has 4 heteroatoms. The van der Waals surface area contributed by atoms with Crippen molar-refractivity contribution in [2.24, 2.45) is 5.92 Å². The predicted molar refractivity (Wildman–Crippen MR) is 127 cm³/mol.